The van der Waals surface area contributed by atoms with Gasteiger partial charge in [0.25, 0.3) is 17.7 Å². The normalized spacial score (nSPS) is 18.6. The van der Waals surface area contributed by atoms with Crippen LogP contribution < -0.4 is 31.9 Å². The van der Waals surface area contributed by atoms with Gasteiger partial charge in [0.15, 0.2) is 0 Å². The van der Waals surface area contributed by atoms with Crippen molar-refractivity contribution in [2.75, 3.05) is 79.2 Å². The summed E-state index contributed by atoms with van der Waals surface area (Å²) in [6.45, 7) is 17.7. The van der Waals surface area contributed by atoms with Crippen LogP contribution >= 0.6 is 34.8 Å². The van der Waals surface area contributed by atoms with E-state index in [2.05, 4.69) is 139 Å². The summed E-state index contributed by atoms with van der Waals surface area (Å²) in [6, 6.07) is 74.1. The first-order valence-corrected chi connectivity index (χ1v) is 42.8. The van der Waals surface area contributed by atoms with E-state index in [9.17, 15) is 28.8 Å². The van der Waals surface area contributed by atoms with E-state index in [1.165, 1.54) is 16.7 Å². The summed E-state index contributed by atoms with van der Waals surface area (Å²) in [5.41, 5.74) is 6.70. The molecule has 616 valence electrons. The molecule has 0 unspecified atom stereocenters. The number of nitrogens with zero attached hydrogens (tertiary/aromatic N) is 3. The predicted octanol–water partition coefficient (Wildman–Crippen LogP) is 17.6. The minimum Gasteiger partial charge on any atom is -0.385 e. The van der Waals surface area contributed by atoms with Crippen LogP contribution in [0.15, 0.2) is 231 Å². The molecular weight excluding hydrogens is 1530 g/mol. The first kappa shape index (κ1) is 88.3. The van der Waals surface area contributed by atoms with Crippen molar-refractivity contribution in [3.63, 3.8) is 0 Å². The van der Waals surface area contributed by atoms with E-state index in [-0.39, 0.29) is 83.5 Å². The van der Waals surface area contributed by atoms with Gasteiger partial charge in [-0.15, -0.1) is 0 Å². The molecule has 0 radical (unpaired) electrons. The molecule has 10 aromatic rings. The van der Waals surface area contributed by atoms with E-state index in [0.717, 1.165) is 89.4 Å². The fourth-order valence-electron chi connectivity index (χ4n) is 15.9. The molecule has 6 N–H and O–H groups in total. The Hall–Kier alpha value is -9.53. The zero-order valence-corrected chi connectivity index (χ0v) is 70.6. The predicted molar refractivity (Wildman–Crippen MR) is 475 cm³/mol. The van der Waals surface area contributed by atoms with Gasteiger partial charge in [-0.2, -0.15) is 0 Å². The lowest BCUT2D eigenvalue weighted by atomic mass is 9.95. The molecule has 10 aromatic carbocycles. The Labute approximate surface area is 705 Å². The van der Waals surface area contributed by atoms with Gasteiger partial charge in [-0.1, -0.05) is 227 Å². The molecule has 3 heterocycles. The van der Waals surface area contributed by atoms with Crippen LogP contribution in [0.1, 0.15) is 163 Å². The number of fused-ring (bicyclic) bond motifs is 3. The van der Waals surface area contributed by atoms with Gasteiger partial charge < -0.3 is 56.1 Å². The number of nitrogens with one attached hydrogen (secondary N) is 6. The standard InChI is InChI=1S/C36H40ClN3O3.C31H38ClN3O2.C30H36ClN3O3/c1-2-27(28-11-7-4-8-12-28)24-40-19-17-33(39-34(36(40)42)18-20-43-25-26-9-5-3-6-10-26)23-38-35(41)31-14-13-30-22-32(37)16-15-29(30)21-31;1-4-22(23-8-6-5-7-9-23)20-35-15-14-28(34-29(31(35)37)16-21(2)3)19-33-30(36)26-11-10-25-18-27(32)13-12-24(25)17-26;1-3-21(22-7-5-4-6-8-22)20-34-15-13-27(33-28(30(34)36)14-16-37-2)19-32-29(35)25-10-9-24-18-26(31)12-11-23(24)17-25/h3-16,21-22,27,33-34,39H,2,17-20,23-25H2,1H3,(H,38,41);5-13,17-18,21-22,28-29,34H,4,14-16,19-20H2,1-3H3,(H,33,36);4-12,17-18,21,27-28,33H,3,13-16,19-20H2,1-2H3,(H,32,35)/t27-,33+,34+;22-,28+,29+;21-,27+,28+/m111/s1. The molecule has 13 rings (SSSR count). The largest absolute Gasteiger partial charge is 0.385 e. The van der Waals surface area contributed by atoms with Gasteiger partial charge in [-0.25, -0.2) is 0 Å². The molecule has 0 spiro atoms. The molecule has 6 amide bonds. The zero-order chi connectivity index (χ0) is 82.6. The Bertz CT molecular complexity index is 4870. The number of halogens is 3. The van der Waals surface area contributed by atoms with E-state index in [0.29, 0.717) is 129 Å². The van der Waals surface area contributed by atoms with Crippen molar-refractivity contribution in [2.24, 2.45) is 5.92 Å². The summed E-state index contributed by atoms with van der Waals surface area (Å²) < 4.78 is 11.2. The quantitative estimate of drug-likeness (QED) is 0.0226. The van der Waals surface area contributed by atoms with Gasteiger partial charge in [0.05, 0.1) is 24.7 Å². The summed E-state index contributed by atoms with van der Waals surface area (Å²) in [5.74, 6) is 1.24. The first-order chi connectivity index (χ1) is 56.8. The minimum atomic E-state index is -0.390. The molecule has 17 nitrogen and oxygen atoms in total. The second-order valence-electron chi connectivity index (χ2n) is 31.5. The highest BCUT2D eigenvalue weighted by Crippen LogP contribution is 2.30. The molecule has 3 aliphatic heterocycles. The average Bonchev–Trinajstić information content (AvgIpc) is 1.78. The van der Waals surface area contributed by atoms with Crippen LogP contribution in [-0.4, -0.2) is 166 Å². The minimum absolute atomic E-state index is 0.0178. The fourth-order valence-corrected chi connectivity index (χ4v) is 16.5. The number of hydrogen-bond acceptors (Lipinski definition) is 11. The van der Waals surface area contributed by atoms with E-state index in [4.69, 9.17) is 44.3 Å². The lowest BCUT2D eigenvalue weighted by molar-refractivity contribution is -0.134. The molecule has 117 heavy (non-hydrogen) atoms. The molecule has 3 fully saturated rings. The maximum absolute atomic E-state index is 13.9. The molecule has 0 aliphatic carbocycles. The van der Waals surface area contributed by atoms with Crippen molar-refractivity contribution in [3.8, 4) is 0 Å². The highest BCUT2D eigenvalue weighted by atomic mass is 35.5. The maximum atomic E-state index is 13.9. The number of carbonyl (C=O) groups excluding carboxylic acids is 6. The number of hydrogen-bond donors (Lipinski definition) is 6. The Balaban J connectivity index is 0.000000173. The number of carbonyl (C=O) groups is 6. The molecular formula is C97H114Cl3N9O8. The lowest BCUT2D eigenvalue weighted by Gasteiger charge is -2.29. The highest BCUT2D eigenvalue weighted by Gasteiger charge is 2.36. The third kappa shape index (κ3) is 26.0. The third-order valence-electron chi connectivity index (χ3n) is 22.7. The molecule has 9 atom stereocenters. The number of ether oxygens (including phenoxy) is 2. The fraction of sp³-hybridized carbons (Fsp3) is 0.381. The first-order valence-electron chi connectivity index (χ1n) is 41.6. The molecule has 0 saturated carbocycles. The van der Waals surface area contributed by atoms with Crippen molar-refractivity contribution in [1.82, 2.24) is 46.6 Å². The van der Waals surface area contributed by atoms with Crippen molar-refractivity contribution < 1.29 is 38.2 Å². The second kappa shape index (κ2) is 44.9. The summed E-state index contributed by atoms with van der Waals surface area (Å²) >= 11 is 18.3. The van der Waals surface area contributed by atoms with E-state index < -0.39 is 0 Å². The van der Waals surface area contributed by atoms with Crippen LogP contribution in [0.4, 0.5) is 0 Å². The van der Waals surface area contributed by atoms with Crippen LogP contribution in [0.2, 0.25) is 15.1 Å². The lowest BCUT2D eigenvalue weighted by Crippen LogP contribution is -2.49. The van der Waals surface area contributed by atoms with E-state index in [1.807, 2.05) is 172 Å². The van der Waals surface area contributed by atoms with Crippen molar-refractivity contribution >= 4 is 103 Å². The average molecular weight is 1640 g/mol. The SMILES string of the molecule is CC[C@H](CN1CC[C@@H](CNC(=O)c2ccc3cc(Cl)ccc3c2)N[C@@H](CC(C)C)C1=O)c1ccccc1.CC[C@H](CN1CC[C@@H](CNC(=O)c2ccc3cc(Cl)ccc3c2)N[C@@H](CCOC)C1=O)c1ccccc1.CC[C@H](CN1CC[C@@H](CNC(=O)c2ccc3cc(Cl)ccc3c2)N[C@@H](CCOCc2ccccc2)C1=O)c1ccccc1. The monoisotopic (exact) mass is 1640 g/mol. The van der Waals surface area contributed by atoms with Crippen molar-refractivity contribution in [3.05, 3.63) is 285 Å². The van der Waals surface area contributed by atoms with Crippen molar-refractivity contribution in [1.29, 1.82) is 0 Å². The van der Waals surface area contributed by atoms with Gasteiger partial charge in [-0.05, 0) is 191 Å². The Morgan fingerprint density at radius 3 is 1.05 bits per heavy atom. The zero-order valence-electron chi connectivity index (χ0n) is 68.3. The second-order valence-corrected chi connectivity index (χ2v) is 32.8. The Morgan fingerprint density at radius 1 is 0.410 bits per heavy atom. The van der Waals surface area contributed by atoms with Crippen molar-refractivity contribution in [2.45, 2.75) is 153 Å². The van der Waals surface area contributed by atoms with Gasteiger partial charge >= 0.3 is 0 Å². The smallest absolute Gasteiger partial charge is 0.251 e. The maximum Gasteiger partial charge on any atom is 0.251 e. The third-order valence-corrected chi connectivity index (χ3v) is 23.4. The molecule has 0 bridgehead atoms. The molecule has 3 aliphatic rings. The topological polar surface area (TPSA) is 203 Å². The van der Waals surface area contributed by atoms with Crippen LogP contribution in [0.3, 0.4) is 0 Å². The van der Waals surface area contributed by atoms with Crippen LogP contribution in [0, 0.1) is 5.92 Å². The summed E-state index contributed by atoms with van der Waals surface area (Å²) in [6.07, 6.45) is 7.11. The Kier molecular flexibility index (Phi) is 33.9. The summed E-state index contributed by atoms with van der Waals surface area (Å²) in [4.78, 5) is 86.0. The van der Waals surface area contributed by atoms with E-state index >= 15 is 0 Å². The van der Waals surface area contributed by atoms with Gasteiger partial charge in [0.1, 0.15) is 0 Å². The van der Waals surface area contributed by atoms with E-state index in [1.54, 1.807) is 7.11 Å². The number of rotatable bonds is 31. The summed E-state index contributed by atoms with van der Waals surface area (Å²) in [5, 5.41) is 27.8. The van der Waals surface area contributed by atoms with Crippen LogP contribution in [0.25, 0.3) is 32.3 Å². The van der Waals surface area contributed by atoms with Crippen LogP contribution in [-0.2, 0) is 30.5 Å². The van der Waals surface area contributed by atoms with Crippen LogP contribution in [0.5, 0.6) is 0 Å². The van der Waals surface area contributed by atoms with Gasteiger partial charge in [0, 0.05) is 147 Å². The summed E-state index contributed by atoms with van der Waals surface area (Å²) in [7, 11) is 1.65. The molecule has 20 heteroatoms. The molecule has 0 aromatic heterocycles. The number of amides is 6. The molecule has 3 saturated heterocycles. The highest BCUT2D eigenvalue weighted by molar-refractivity contribution is 6.32. The number of methoxy groups -OCH3 is 1. The van der Waals surface area contributed by atoms with Gasteiger partial charge in [0.2, 0.25) is 17.7 Å². The van der Waals surface area contributed by atoms with Gasteiger partial charge in [-0.3, -0.25) is 28.8 Å². The Morgan fingerprint density at radius 2 is 0.718 bits per heavy atom. The number of benzene rings is 10.